The maximum atomic E-state index is 5.94. The van der Waals surface area contributed by atoms with Gasteiger partial charge >= 0.3 is 0 Å². The zero-order valence-electron chi connectivity index (χ0n) is 15.0. The van der Waals surface area contributed by atoms with Crippen LogP contribution in [-0.4, -0.2) is 36.6 Å². The number of halogens is 2. The molecular formula is C19H29Cl2N3O. The van der Waals surface area contributed by atoms with Gasteiger partial charge in [0.25, 0.3) is 0 Å². The molecule has 1 aromatic heterocycles. The van der Waals surface area contributed by atoms with Crippen LogP contribution in [0.1, 0.15) is 30.7 Å². The van der Waals surface area contributed by atoms with Gasteiger partial charge in [-0.25, -0.2) is 4.98 Å². The van der Waals surface area contributed by atoms with E-state index in [1.807, 2.05) is 13.2 Å². The molecule has 1 saturated heterocycles. The number of likely N-dealkylation sites (tertiary alicyclic amines) is 1. The van der Waals surface area contributed by atoms with Crippen LogP contribution in [0.15, 0.2) is 34.9 Å². The van der Waals surface area contributed by atoms with Crippen LogP contribution in [0.5, 0.6) is 0 Å². The largest absolute Gasteiger partial charge is 0.439 e. The van der Waals surface area contributed by atoms with Gasteiger partial charge in [-0.05, 0) is 58.8 Å². The fraction of sp³-hybridized carbons (Fsp3) is 0.526. The minimum Gasteiger partial charge on any atom is -0.439 e. The van der Waals surface area contributed by atoms with Gasteiger partial charge in [0.15, 0.2) is 5.76 Å². The van der Waals surface area contributed by atoms with Gasteiger partial charge in [0.05, 0.1) is 12.7 Å². The Hall–Kier alpha value is -1.07. The third-order valence-corrected chi connectivity index (χ3v) is 4.76. The summed E-state index contributed by atoms with van der Waals surface area (Å²) in [6, 6.07) is 8.39. The molecule has 3 rings (SSSR count). The number of nitrogens with one attached hydrogen (secondary N) is 1. The molecule has 0 atom stereocenters. The van der Waals surface area contributed by atoms with Crippen molar-refractivity contribution < 1.29 is 4.42 Å². The lowest BCUT2D eigenvalue weighted by Crippen LogP contribution is -2.34. The highest BCUT2D eigenvalue weighted by Crippen LogP contribution is 2.24. The molecule has 0 bridgehead atoms. The van der Waals surface area contributed by atoms with E-state index in [1.165, 1.54) is 24.8 Å². The van der Waals surface area contributed by atoms with Crippen LogP contribution in [0.4, 0.5) is 0 Å². The minimum absolute atomic E-state index is 0. The van der Waals surface area contributed by atoms with E-state index < -0.39 is 0 Å². The Morgan fingerprint density at radius 1 is 1.16 bits per heavy atom. The van der Waals surface area contributed by atoms with Crippen LogP contribution in [-0.2, 0) is 6.54 Å². The highest BCUT2D eigenvalue weighted by Gasteiger charge is 2.20. The van der Waals surface area contributed by atoms with Gasteiger partial charge in [0, 0.05) is 5.56 Å². The fourth-order valence-electron chi connectivity index (χ4n) is 3.21. The number of aromatic nitrogens is 1. The van der Waals surface area contributed by atoms with Crippen LogP contribution >= 0.6 is 24.8 Å². The molecule has 0 amide bonds. The van der Waals surface area contributed by atoms with Crippen molar-refractivity contribution in [3.8, 4) is 11.3 Å². The van der Waals surface area contributed by atoms with Crippen molar-refractivity contribution in [3.63, 3.8) is 0 Å². The first-order valence-electron chi connectivity index (χ1n) is 8.63. The minimum atomic E-state index is 0. The summed E-state index contributed by atoms with van der Waals surface area (Å²) in [5, 5.41) is 3.25. The van der Waals surface area contributed by atoms with Crippen molar-refractivity contribution in [2.45, 2.75) is 32.7 Å². The van der Waals surface area contributed by atoms with Crippen molar-refractivity contribution in [1.82, 2.24) is 15.2 Å². The Labute approximate surface area is 163 Å². The van der Waals surface area contributed by atoms with Crippen LogP contribution < -0.4 is 5.32 Å². The van der Waals surface area contributed by atoms with E-state index in [1.54, 1.807) is 0 Å². The molecule has 0 aliphatic carbocycles. The summed E-state index contributed by atoms with van der Waals surface area (Å²) in [5.41, 5.74) is 2.36. The van der Waals surface area contributed by atoms with E-state index in [0.717, 1.165) is 49.3 Å². The summed E-state index contributed by atoms with van der Waals surface area (Å²) in [6.07, 6.45) is 5.71. The molecule has 0 unspecified atom stereocenters. The normalized spacial score (nSPS) is 15.4. The lowest BCUT2D eigenvalue weighted by atomic mass is 9.93. The number of hydrogen-bond donors (Lipinski definition) is 1. The van der Waals surface area contributed by atoms with E-state index in [4.69, 9.17) is 4.42 Å². The van der Waals surface area contributed by atoms with Gasteiger partial charge < -0.3 is 9.73 Å². The van der Waals surface area contributed by atoms with Crippen molar-refractivity contribution in [1.29, 1.82) is 0 Å². The Morgan fingerprint density at radius 2 is 1.84 bits per heavy atom. The maximum absolute atomic E-state index is 5.94. The second kappa shape index (κ2) is 10.8. The summed E-state index contributed by atoms with van der Waals surface area (Å²) in [6.45, 7) is 6.35. The molecule has 1 aliphatic rings. The Kier molecular flexibility index (Phi) is 9.51. The first-order chi connectivity index (χ1) is 11.2. The standard InChI is InChI=1S/C19H27N3O.2ClH/c1-15-3-5-17(6-4-15)18-13-21-19(23-18)14-22-11-8-16(9-12-22)7-10-20-2;;/h3-6,13,16,20H,7-12,14H2,1-2H3;2*1H. The van der Waals surface area contributed by atoms with Gasteiger partial charge in [-0.2, -0.15) is 0 Å². The Bertz CT molecular complexity index is 607. The van der Waals surface area contributed by atoms with Crippen molar-refractivity contribution in [2.24, 2.45) is 5.92 Å². The zero-order valence-corrected chi connectivity index (χ0v) is 16.7. The SMILES string of the molecule is CNCCC1CCN(Cc2ncc(-c3ccc(C)cc3)o2)CC1.Cl.Cl. The fourth-order valence-corrected chi connectivity index (χ4v) is 3.21. The van der Waals surface area contributed by atoms with E-state index in [-0.39, 0.29) is 24.8 Å². The Balaban J connectivity index is 0.00000156. The molecule has 25 heavy (non-hydrogen) atoms. The van der Waals surface area contributed by atoms with E-state index >= 15 is 0 Å². The van der Waals surface area contributed by atoms with Crippen LogP contribution in [0.3, 0.4) is 0 Å². The van der Waals surface area contributed by atoms with Gasteiger partial charge in [-0.1, -0.05) is 29.8 Å². The third kappa shape index (κ3) is 6.30. The summed E-state index contributed by atoms with van der Waals surface area (Å²) in [7, 11) is 2.03. The summed E-state index contributed by atoms with van der Waals surface area (Å²) in [5.74, 6) is 2.56. The first-order valence-corrected chi connectivity index (χ1v) is 8.63. The zero-order chi connectivity index (χ0) is 16.1. The van der Waals surface area contributed by atoms with Crippen LogP contribution in [0.25, 0.3) is 11.3 Å². The van der Waals surface area contributed by atoms with Crippen LogP contribution in [0.2, 0.25) is 0 Å². The average Bonchev–Trinajstić information content (AvgIpc) is 3.03. The van der Waals surface area contributed by atoms with Gasteiger partial charge in [-0.15, -0.1) is 24.8 Å². The average molecular weight is 386 g/mol. The molecule has 1 aromatic carbocycles. The van der Waals surface area contributed by atoms with Gasteiger partial charge in [-0.3, -0.25) is 4.90 Å². The number of nitrogens with zero attached hydrogens (tertiary/aromatic N) is 2. The monoisotopic (exact) mass is 385 g/mol. The first kappa shape index (κ1) is 22.0. The quantitative estimate of drug-likeness (QED) is 0.803. The molecule has 6 heteroatoms. The molecule has 2 aromatic rings. The molecule has 0 spiro atoms. The van der Waals surface area contributed by atoms with Gasteiger partial charge in [0.1, 0.15) is 0 Å². The van der Waals surface area contributed by atoms with E-state index in [0.29, 0.717) is 0 Å². The second-order valence-electron chi connectivity index (χ2n) is 6.60. The highest BCUT2D eigenvalue weighted by atomic mass is 35.5. The van der Waals surface area contributed by atoms with Crippen molar-refractivity contribution in [2.75, 3.05) is 26.7 Å². The molecule has 1 fully saturated rings. The van der Waals surface area contributed by atoms with E-state index in [9.17, 15) is 0 Å². The molecule has 2 heterocycles. The maximum Gasteiger partial charge on any atom is 0.209 e. The summed E-state index contributed by atoms with van der Waals surface area (Å²) >= 11 is 0. The summed E-state index contributed by atoms with van der Waals surface area (Å²) < 4.78 is 5.94. The molecule has 1 aliphatic heterocycles. The molecule has 1 N–H and O–H groups in total. The predicted molar refractivity (Wildman–Crippen MR) is 108 cm³/mol. The van der Waals surface area contributed by atoms with Crippen LogP contribution in [0, 0.1) is 12.8 Å². The lowest BCUT2D eigenvalue weighted by Gasteiger charge is -2.31. The molecule has 4 nitrogen and oxygen atoms in total. The molecule has 0 radical (unpaired) electrons. The lowest BCUT2D eigenvalue weighted by molar-refractivity contribution is 0.160. The Morgan fingerprint density at radius 3 is 2.48 bits per heavy atom. The number of hydrogen-bond acceptors (Lipinski definition) is 4. The number of aryl methyl sites for hydroxylation is 1. The number of oxazole rings is 1. The topological polar surface area (TPSA) is 41.3 Å². The summed E-state index contributed by atoms with van der Waals surface area (Å²) in [4.78, 5) is 6.92. The second-order valence-corrected chi connectivity index (χ2v) is 6.60. The van der Waals surface area contributed by atoms with E-state index in [2.05, 4.69) is 46.4 Å². The predicted octanol–water partition coefficient (Wildman–Crippen LogP) is 4.32. The molecule has 0 saturated carbocycles. The molecule has 140 valence electrons. The van der Waals surface area contributed by atoms with Gasteiger partial charge in [0.2, 0.25) is 5.89 Å². The third-order valence-electron chi connectivity index (χ3n) is 4.76. The number of piperidine rings is 1. The smallest absolute Gasteiger partial charge is 0.209 e. The molecular weight excluding hydrogens is 357 g/mol. The highest BCUT2D eigenvalue weighted by molar-refractivity contribution is 5.85. The number of rotatable bonds is 6. The van der Waals surface area contributed by atoms with Crippen molar-refractivity contribution in [3.05, 3.63) is 41.9 Å². The van der Waals surface area contributed by atoms with Crippen molar-refractivity contribution >= 4 is 24.8 Å². The number of benzene rings is 1.